The van der Waals surface area contributed by atoms with E-state index in [4.69, 9.17) is 5.11 Å². The van der Waals surface area contributed by atoms with Gasteiger partial charge in [0.25, 0.3) is 10.1 Å². The zero-order valence-corrected chi connectivity index (χ0v) is 13.4. The minimum Gasteiger partial charge on any atom is -0.481 e. The Kier molecular flexibility index (Phi) is 6.82. The van der Waals surface area contributed by atoms with E-state index < -0.39 is 38.6 Å². The standard InChI is InChI=1S/C13H24O7S/c1-4-5-6-7-8-12(2,3)13(11(16)17,9-10(14)15)21(18,19)20/h4-9H2,1-3H3,(H,14,15)(H,16,17)(H,18,19,20). The van der Waals surface area contributed by atoms with Gasteiger partial charge in [-0.3, -0.25) is 14.1 Å². The van der Waals surface area contributed by atoms with Crippen molar-refractivity contribution in [2.45, 2.75) is 64.0 Å². The molecule has 0 aliphatic carbocycles. The lowest BCUT2D eigenvalue weighted by Crippen LogP contribution is -2.58. The van der Waals surface area contributed by atoms with Crippen molar-refractivity contribution in [3.8, 4) is 0 Å². The lowest BCUT2D eigenvalue weighted by Gasteiger charge is -2.40. The average Bonchev–Trinajstić information content (AvgIpc) is 2.29. The number of unbranched alkanes of at least 4 members (excludes halogenated alkanes) is 3. The third-order valence-electron chi connectivity index (χ3n) is 3.93. The van der Waals surface area contributed by atoms with Crippen molar-refractivity contribution in [3.05, 3.63) is 0 Å². The Labute approximate surface area is 125 Å². The van der Waals surface area contributed by atoms with Crippen LogP contribution >= 0.6 is 0 Å². The number of hydrogen-bond donors (Lipinski definition) is 3. The average molecular weight is 324 g/mol. The van der Waals surface area contributed by atoms with Crippen molar-refractivity contribution in [1.29, 1.82) is 0 Å². The summed E-state index contributed by atoms with van der Waals surface area (Å²) in [6.07, 6.45) is 2.23. The van der Waals surface area contributed by atoms with Gasteiger partial charge in [0.1, 0.15) is 0 Å². The molecule has 3 N–H and O–H groups in total. The van der Waals surface area contributed by atoms with Crippen LogP contribution in [0.5, 0.6) is 0 Å². The molecule has 8 heteroatoms. The normalized spacial score (nSPS) is 15.4. The number of rotatable bonds is 10. The van der Waals surface area contributed by atoms with Crippen molar-refractivity contribution < 1.29 is 32.8 Å². The molecule has 1 atom stereocenters. The SMILES string of the molecule is CCCCCCC(C)(C)C(CC(=O)O)(C(=O)O)S(=O)(=O)O. The molecule has 0 rings (SSSR count). The predicted octanol–water partition coefficient (Wildman–Crippen LogP) is 2.17. The second-order valence-corrected chi connectivity index (χ2v) is 7.52. The summed E-state index contributed by atoms with van der Waals surface area (Å²) in [4.78, 5) is 22.5. The molecule has 21 heavy (non-hydrogen) atoms. The van der Waals surface area contributed by atoms with Crippen LogP contribution in [-0.4, -0.2) is 39.9 Å². The van der Waals surface area contributed by atoms with E-state index in [1.54, 1.807) is 0 Å². The first kappa shape index (κ1) is 19.9. The summed E-state index contributed by atoms with van der Waals surface area (Å²) in [6, 6.07) is 0. The summed E-state index contributed by atoms with van der Waals surface area (Å²) in [5.74, 6) is -3.43. The molecule has 0 aromatic rings. The molecular formula is C13H24O7S. The monoisotopic (exact) mass is 324 g/mol. The number of carboxylic acids is 2. The minimum atomic E-state index is -5.10. The van der Waals surface area contributed by atoms with Gasteiger partial charge in [-0.25, -0.2) is 0 Å². The van der Waals surface area contributed by atoms with Crippen LogP contribution < -0.4 is 0 Å². The van der Waals surface area contributed by atoms with Gasteiger partial charge in [-0.1, -0.05) is 46.5 Å². The van der Waals surface area contributed by atoms with Gasteiger partial charge in [-0.15, -0.1) is 0 Å². The molecule has 0 heterocycles. The van der Waals surface area contributed by atoms with E-state index in [-0.39, 0.29) is 6.42 Å². The number of aliphatic carboxylic acids is 2. The number of carboxylic acid groups (broad SMARTS) is 2. The summed E-state index contributed by atoms with van der Waals surface area (Å²) >= 11 is 0. The molecule has 0 saturated carbocycles. The molecule has 0 saturated heterocycles. The first-order valence-electron chi connectivity index (χ1n) is 6.84. The molecular weight excluding hydrogens is 300 g/mol. The molecule has 7 nitrogen and oxygen atoms in total. The quantitative estimate of drug-likeness (QED) is 0.415. The highest BCUT2D eigenvalue weighted by Crippen LogP contribution is 2.44. The molecule has 0 aromatic carbocycles. The maximum atomic E-state index is 11.7. The minimum absolute atomic E-state index is 0.187. The smallest absolute Gasteiger partial charge is 0.328 e. The Morgan fingerprint density at radius 3 is 1.90 bits per heavy atom. The van der Waals surface area contributed by atoms with Gasteiger partial charge in [-0.05, 0) is 11.8 Å². The first-order valence-corrected chi connectivity index (χ1v) is 8.28. The number of carbonyl (C=O) groups is 2. The predicted molar refractivity (Wildman–Crippen MR) is 76.7 cm³/mol. The van der Waals surface area contributed by atoms with Crippen LogP contribution in [0.25, 0.3) is 0 Å². The van der Waals surface area contributed by atoms with Crippen molar-refractivity contribution >= 4 is 22.1 Å². The lowest BCUT2D eigenvalue weighted by atomic mass is 9.72. The van der Waals surface area contributed by atoms with E-state index in [1.807, 2.05) is 6.92 Å². The molecule has 0 aliphatic heterocycles. The molecule has 0 spiro atoms. The summed E-state index contributed by atoms with van der Waals surface area (Å²) in [5, 5.41) is 18.2. The van der Waals surface area contributed by atoms with Gasteiger partial charge in [0.2, 0.25) is 4.75 Å². The fraction of sp³-hybridized carbons (Fsp3) is 0.846. The van der Waals surface area contributed by atoms with Gasteiger partial charge in [-0.2, -0.15) is 8.42 Å². The third-order valence-corrected chi connectivity index (χ3v) is 5.69. The second-order valence-electron chi connectivity index (χ2n) is 5.87. The van der Waals surface area contributed by atoms with Crippen molar-refractivity contribution in [2.75, 3.05) is 0 Å². The van der Waals surface area contributed by atoms with E-state index in [9.17, 15) is 27.7 Å². The van der Waals surface area contributed by atoms with Crippen LogP contribution in [0.4, 0.5) is 0 Å². The zero-order chi connectivity index (χ0) is 16.9. The Hall–Kier alpha value is -1.15. The van der Waals surface area contributed by atoms with Gasteiger partial charge < -0.3 is 10.2 Å². The topological polar surface area (TPSA) is 129 Å². The maximum absolute atomic E-state index is 11.7. The largest absolute Gasteiger partial charge is 0.481 e. The van der Waals surface area contributed by atoms with E-state index in [2.05, 4.69) is 0 Å². The summed E-state index contributed by atoms with van der Waals surface area (Å²) < 4.78 is 30.0. The van der Waals surface area contributed by atoms with E-state index in [0.717, 1.165) is 19.3 Å². The Morgan fingerprint density at radius 2 is 1.57 bits per heavy atom. The Morgan fingerprint density at radius 1 is 1.05 bits per heavy atom. The number of hydrogen-bond acceptors (Lipinski definition) is 4. The van der Waals surface area contributed by atoms with Crippen LogP contribution in [0, 0.1) is 5.41 Å². The zero-order valence-electron chi connectivity index (χ0n) is 12.6. The first-order chi connectivity index (χ1) is 9.42. The van der Waals surface area contributed by atoms with Gasteiger partial charge >= 0.3 is 11.9 Å². The van der Waals surface area contributed by atoms with Crippen LogP contribution in [0.3, 0.4) is 0 Å². The molecule has 0 bridgehead atoms. The summed E-state index contributed by atoms with van der Waals surface area (Å²) in [7, 11) is -5.10. The van der Waals surface area contributed by atoms with Crippen molar-refractivity contribution in [2.24, 2.45) is 5.41 Å². The van der Waals surface area contributed by atoms with Gasteiger partial charge in [0, 0.05) is 0 Å². The molecule has 0 aromatic heterocycles. The van der Waals surface area contributed by atoms with Crippen molar-refractivity contribution in [1.82, 2.24) is 0 Å². The van der Waals surface area contributed by atoms with E-state index in [0.29, 0.717) is 6.42 Å². The Balaban J connectivity index is 5.65. The van der Waals surface area contributed by atoms with Crippen molar-refractivity contribution in [3.63, 3.8) is 0 Å². The van der Waals surface area contributed by atoms with Crippen LogP contribution in [0.15, 0.2) is 0 Å². The maximum Gasteiger partial charge on any atom is 0.328 e. The second kappa shape index (κ2) is 7.22. The van der Waals surface area contributed by atoms with Crippen LogP contribution in [-0.2, 0) is 19.7 Å². The molecule has 0 amide bonds. The highest BCUT2D eigenvalue weighted by atomic mass is 32.2. The Bertz CT molecular complexity index is 481. The molecule has 1 unspecified atom stereocenters. The highest BCUT2D eigenvalue weighted by molar-refractivity contribution is 7.88. The van der Waals surface area contributed by atoms with Crippen LogP contribution in [0.2, 0.25) is 0 Å². The summed E-state index contributed by atoms with van der Waals surface area (Å²) in [5.41, 5.74) is -1.42. The molecule has 0 fully saturated rings. The fourth-order valence-corrected chi connectivity index (χ4v) is 3.89. The van der Waals surface area contributed by atoms with Gasteiger partial charge in [0.05, 0.1) is 6.42 Å². The summed E-state index contributed by atoms with van der Waals surface area (Å²) in [6.45, 7) is 4.73. The molecule has 124 valence electrons. The van der Waals surface area contributed by atoms with Crippen LogP contribution in [0.1, 0.15) is 59.3 Å². The van der Waals surface area contributed by atoms with Gasteiger partial charge in [0.15, 0.2) is 0 Å². The molecule has 0 aliphatic rings. The lowest BCUT2D eigenvalue weighted by molar-refractivity contribution is -0.150. The highest BCUT2D eigenvalue weighted by Gasteiger charge is 2.61. The van der Waals surface area contributed by atoms with E-state index in [1.165, 1.54) is 13.8 Å². The third kappa shape index (κ3) is 4.41. The molecule has 0 radical (unpaired) electrons. The fourth-order valence-electron chi connectivity index (χ4n) is 2.56. The van der Waals surface area contributed by atoms with E-state index >= 15 is 0 Å².